The van der Waals surface area contributed by atoms with Gasteiger partial charge in [0.2, 0.25) is 0 Å². The normalized spacial score (nSPS) is 33.3. The zero-order chi connectivity index (χ0) is 13.2. The molecule has 0 aromatic heterocycles. The minimum absolute atomic E-state index is 0.379. The van der Waals surface area contributed by atoms with Crippen molar-refractivity contribution in [3.63, 3.8) is 0 Å². The van der Waals surface area contributed by atoms with Gasteiger partial charge in [-0.25, -0.2) is 0 Å². The van der Waals surface area contributed by atoms with E-state index in [9.17, 15) is 4.21 Å². The third kappa shape index (κ3) is 4.57. The Bertz CT molecular complexity index is 339. The number of rotatable bonds is 2. The molecule has 2 aliphatic heterocycles. The van der Waals surface area contributed by atoms with Crippen LogP contribution in [-0.2, 0) is 10.8 Å². The summed E-state index contributed by atoms with van der Waals surface area (Å²) >= 11 is 1.90. The van der Waals surface area contributed by atoms with Gasteiger partial charge in [0.15, 0.2) is 5.17 Å². The van der Waals surface area contributed by atoms with E-state index in [2.05, 4.69) is 31.1 Å². The van der Waals surface area contributed by atoms with Crippen LogP contribution in [0.4, 0.5) is 0 Å². The van der Waals surface area contributed by atoms with Crippen LogP contribution >= 0.6 is 11.8 Å². The van der Waals surface area contributed by atoms with E-state index < -0.39 is 10.8 Å². The molecule has 0 saturated carbocycles. The second-order valence-corrected chi connectivity index (χ2v) is 9.40. The Kier molecular flexibility index (Phi) is 4.75. The fourth-order valence-electron chi connectivity index (χ4n) is 2.40. The van der Waals surface area contributed by atoms with E-state index in [1.54, 1.807) is 0 Å². The molecule has 0 aromatic rings. The number of thioether (sulfide) groups is 1. The lowest BCUT2D eigenvalue weighted by atomic mass is 9.90. The highest BCUT2D eigenvalue weighted by Gasteiger charge is 2.27. The lowest BCUT2D eigenvalue weighted by Crippen LogP contribution is -2.38. The fourth-order valence-corrected chi connectivity index (χ4v) is 5.13. The van der Waals surface area contributed by atoms with E-state index in [1.165, 1.54) is 6.42 Å². The molecule has 2 heterocycles. The predicted octanol–water partition coefficient (Wildman–Crippen LogP) is 2.39. The van der Waals surface area contributed by atoms with Crippen LogP contribution in [0, 0.1) is 5.41 Å². The molecule has 0 amide bonds. The SMILES string of the molecule is CC(C)(C)CC1CN=C(NC2CCS(=O)CC2)S1. The van der Waals surface area contributed by atoms with Gasteiger partial charge in [-0.2, -0.15) is 0 Å². The highest BCUT2D eigenvalue weighted by Crippen LogP contribution is 2.31. The molecular weight excluding hydrogens is 264 g/mol. The molecule has 1 saturated heterocycles. The topological polar surface area (TPSA) is 41.5 Å². The van der Waals surface area contributed by atoms with Crippen molar-refractivity contribution in [2.75, 3.05) is 18.1 Å². The number of hydrogen-bond acceptors (Lipinski definition) is 4. The van der Waals surface area contributed by atoms with Crippen molar-refractivity contribution in [1.29, 1.82) is 0 Å². The average molecular weight is 288 g/mol. The Morgan fingerprint density at radius 1 is 1.39 bits per heavy atom. The largest absolute Gasteiger partial charge is 0.362 e. The van der Waals surface area contributed by atoms with Gasteiger partial charge < -0.3 is 5.32 Å². The molecule has 0 aromatic carbocycles. The molecular formula is C13H24N2OS2. The van der Waals surface area contributed by atoms with Crippen LogP contribution in [0.5, 0.6) is 0 Å². The van der Waals surface area contributed by atoms with Crippen molar-refractivity contribution in [1.82, 2.24) is 5.32 Å². The average Bonchev–Trinajstić information content (AvgIpc) is 2.66. The molecule has 0 bridgehead atoms. The van der Waals surface area contributed by atoms with Gasteiger partial charge in [0.05, 0.1) is 6.54 Å². The van der Waals surface area contributed by atoms with Crippen LogP contribution in [0.3, 0.4) is 0 Å². The molecule has 2 rings (SSSR count). The second-order valence-electron chi connectivity index (χ2n) is 6.42. The van der Waals surface area contributed by atoms with Gasteiger partial charge >= 0.3 is 0 Å². The van der Waals surface area contributed by atoms with Gasteiger partial charge in [0, 0.05) is 33.6 Å². The number of nitrogens with one attached hydrogen (secondary N) is 1. The molecule has 18 heavy (non-hydrogen) atoms. The van der Waals surface area contributed by atoms with Crippen LogP contribution in [0.2, 0.25) is 0 Å². The maximum Gasteiger partial charge on any atom is 0.157 e. The summed E-state index contributed by atoms with van der Waals surface area (Å²) in [5.41, 5.74) is 0.379. The summed E-state index contributed by atoms with van der Waals surface area (Å²) in [4.78, 5) is 4.61. The van der Waals surface area contributed by atoms with Crippen LogP contribution in [0.1, 0.15) is 40.0 Å². The van der Waals surface area contributed by atoms with Crippen molar-refractivity contribution >= 4 is 27.7 Å². The summed E-state index contributed by atoms with van der Waals surface area (Å²) in [6.07, 6.45) is 3.26. The zero-order valence-electron chi connectivity index (χ0n) is 11.6. The molecule has 1 N–H and O–H groups in total. The molecule has 1 fully saturated rings. The molecule has 3 nitrogen and oxygen atoms in total. The second kappa shape index (κ2) is 5.95. The van der Waals surface area contributed by atoms with Gasteiger partial charge in [0.25, 0.3) is 0 Å². The molecule has 104 valence electrons. The highest BCUT2D eigenvalue weighted by atomic mass is 32.2. The summed E-state index contributed by atoms with van der Waals surface area (Å²) < 4.78 is 11.3. The Hall–Kier alpha value is -0.0300. The minimum atomic E-state index is -0.571. The van der Waals surface area contributed by atoms with E-state index in [1.807, 2.05) is 11.8 Å². The standard InChI is InChI=1S/C13H24N2OS2/c1-13(2,3)8-11-9-14-12(17-11)15-10-4-6-18(16)7-5-10/h10-11H,4-9H2,1-3H3,(H,14,15). The Morgan fingerprint density at radius 2 is 2.06 bits per heavy atom. The Morgan fingerprint density at radius 3 is 2.67 bits per heavy atom. The summed E-state index contributed by atoms with van der Waals surface area (Å²) in [5.74, 6) is 1.70. The number of amidine groups is 1. The van der Waals surface area contributed by atoms with Crippen LogP contribution in [0.15, 0.2) is 4.99 Å². The zero-order valence-corrected chi connectivity index (χ0v) is 13.2. The molecule has 1 atom stereocenters. The van der Waals surface area contributed by atoms with E-state index in [0.29, 0.717) is 16.7 Å². The highest BCUT2D eigenvalue weighted by molar-refractivity contribution is 8.14. The van der Waals surface area contributed by atoms with Gasteiger partial charge in [-0.1, -0.05) is 32.5 Å². The monoisotopic (exact) mass is 288 g/mol. The molecule has 0 spiro atoms. The fraction of sp³-hybridized carbons (Fsp3) is 0.923. The molecule has 5 heteroatoms. The molecule has 2 aliphatic rings. The van der Waals surface area contributed by atoms with Gasteiger partial charge in [-0.3, -0.25) is 9.20 Å². The third-order valence-electron chi connectivity index (χ3n) is 3.27. The van der Waals surface area contributed by atoms with Crippen molar-refractivity contribution in [3.8, 4) is 0 Å². The number of aliphatic imine (C=N–C) groups is 1. The van der Waals surface area contributed by atoms with E-state index in [0.717, 1.165) is 36.1 Å². The quantitative estimate of drug-likeness (QED) is 0.848. The molecule has 1 unspecified atom stereocenters. The van der Waals surface area contributed by atoms with Gasteiger partial charge in [0.1, 0.15) is 0 Å². The first-order chi connectivity index (χ1) is 8.42. The van der Waals surface area contributed by atoms with E-state index in [4.69, 9.17) is 0 Å². The van der Waals surface area contributed by atoms with Crippen molar-refractivity contribution < 1.29 is 4.21 Å². The Labute approximate surface area is 117 Å². The first kappa shape index (κ1) is 14.4. The molecule has 0 aliphatic carbocycles. The van der Waals surface area contributed by atoms with Crippen LogP contribution in [0.25, 0.3) is 0 Å². The number of hydrogen-bond donors (Lipinski definition) is 1. The van der Waals surface area contributed by atoms with Gasteiger partial charge in [-0.05, 0) is 24.7 Å². The van der Waals surface area contributed by atoms with Crippen LogP contribution < -0.4 is 5.32 Å². The van der Waals surface area contributed by atoms with Crippen molar-refractivity contribution in [2.45, 2.75) is 51.3 Å². The summed E-state index contributed by atoms with van der Waals surface area (Å²) in [6.45, 7) is 7.81. The summed E-state index contributed by atoms with van der Waals surface area (Å²) in [7, 11) is -0.571. The van der Waals surface area contributed by atoms with E-state index >= 15 is 0 Å². The smallest absolute Gasteiger partial charge is 0.157 e. The summed E-state index contributed by atoms with van der Waals surface area (Å²) in [6, 6.07) is 0.488. The summed E-state index contributed by atoms with van der Waals surface area (Å²) in [5, 5.41) is 5.28. The minimum Gasteiger partial charge on any atom is -0.362 e. The van der Waals surface area contributed by atoms with Crippen molar-refractivity contribution in [3.05, 3.63) is 0 Å². The van der Waals surface area contributed by atoms with E-state index in [-0.39, 0.29) is 0 Å². The predicted molar refractivity (Wildman–Crippen MR) is 81.8 cm³/mol. The molecule has 0 radical (unpaired) electrons. The maximum atomic E-state index is 11.3. The third-order valence-corrected chi connectivity index (χ3v) is 5.77. The lowest BCUT2D eigenvalue weighted by molar-refractivity contribution is 0.375. The number of nitrogens with zero attached hydrogens (tertiary/aromatic N) is 1. The first-order valence-electron chi connectivity index (χ1n) is 6.75. The van der Waals surface area contributed by atoms with Crippen molar-refractivity contribution in [2.24, 2.45) is 10.4 Å². The van der Waals surface area contributed by atoms with Gasteiger partial charge in [-0.15, -0.1) is 0 Å². The van der Waals surface area contributed by atoms with Crippen LogP contribution in [-0.4, -0.2) is 38.7 Å². The first-order valence-corrected chi connectivity index (χ1v) is 9.12. The lowest BCUT2D eigenvalue weighted by Gasteiger charge is -2.24. The Balaban J connectivity index is 1.74. The maximum absolute atomic E-state index is 11.3.